The number of rotatable bonds is 6. The predicted molar refractivity (Wildman–Crippen MR) is 80.9 cm³/mol. The number of benzene rings is 1. The van der Waals surface area contributed by atoms with E-state index in [1.54, 1.807) is 6.20 Å². The summed E-state index contributed by atoms with van der Waals surface area (Å²) in [6.07, 6.45) is 5.62. The Morgan fingerprint density at radius 3 is 3.14 bits per heavy atom. The number of hydrogen-bond donors (Lipinski definition) is 1. The highest BCUT2D eigenvalue weighted by molar-refractivity contribution is 5.85. The fourth-order valence-corrected chi connectivity index (χ4v) is 2.72. The van der Waals surface area contributed by atoms with Crippen LogP contribution < -0.4 is 4.74 Å². The summed E-state index contributed by atoms with van der Waals surface area (Å²) >= 11 is 0. The molecule has 6 nitrogen and oxygen atoms in total. The first kappa shape index (κ1) is 14.8. The Hall–Kier alpha value is -2.08. The van der Waals surface area contributed by atoms with Crippen LogP contribution in [0.5, 0.6) is 5.75 Å². The largest absolute Gasteiger partial charge is 0.493 e. The standard InChI is InChI=1S/C16H20N2O4/c19-16(20)8-4-10-21-14-6-3-5-13-12(14)11-17-18(13)15-7-1-2-9-22-15/h3,5-6,11,15H,1-2,4,7-10H2,(H,19,20). The molecular formula is C16H20N2O4. The minimum absolute atomic E-state index is 0.00601. The van der Waals surface area contributed by atoms with Gasteiger partial charge in [0.25, 0.3) is 0 Å². The van der Waals surface area contributed by atoms with Gasteiger partial charge in [-0.05, 0) is 37.8 Å². The molecule has 3 rings (SSSR count). The summed E-state index contributed by atoms with van der Waals surface area (Å²) in [4.78, 5) is 10.5. The lowest BCUT2D eigenvalue weighted by molar-refractivity contribution is -0.137. The van der Waals surface area contributed by atoms with Gasteiger partial charge in [0.05, 0.1) is 23.7 Å². The van der Waals surface area contributed by atoms with E-state index < -0.39 is 5.97 Å². The van der Waals surface area contributed by atoms with E-state index in [9.17, 15) is 4.79 Å². The maximum atomic E-state index is 10.5. The van der Waals surface area contributed by atoms with E-state index in [1.165, 1.54) is 0 Å². The van der Waals surface area contributed by atoms with Crippen LogP contribution in [0.25, 0.3) is 10.9 Å². The molecule has 0 aliphatic carbocycles. The van der Waals surface area contributed by atoms with E-state index in [2.05, 4.69) is 5.10 Å². The summed E-state index contributed by atoms with van der Waals surface area (Å²) in [6.45, 7) is 1.16. The molecule has 0 amide bonds. The normalized spacial score (nSPS) is 18.5. The minimum atomic E-state index is -0.802. The molecule has 2 aromatic rings. The fourth-order valence-electron chi connectivity index (χ4n) is 2.72. The van der Waals surface area contributed by atoms with Crippen LogP contribution >= 0.6 is 0 Å². The second kappa shape index (κ2) is 6.79. The van der Waals surface area contributed by atoms with E-state index >= 15 is 0 Å². The van der Waals surface area contributed by atoms with E-state index in [4.69, 9.17) is 14.6 Å². The molecule has 6 heteroatoms. The lowest BCUT2D eigenvalue weighted by Crippen LogP contribution is -2.18. The number of ether oxygens (including phenoxy) is 2. The van der Waals surface area contributed by atoms with Gasteiger partial charge < -0.3 is 14.6 Å². The van der Waals surface area contributed by atoms with Crippen molar-refractivity contribution >= 4 is 16.9 Å². The van der Waals surface area contributed by atoms with Gasteiger partial charge in [-0.3, -0.25) is 4.79 Å². The van der Waals surface area contributed by atoms with E-state index in [0.717, 1.165) is 42.5 Å². The van der Waals surface area contributed by atoms with Crippen molar-refractivity contribution in [2.24, 2.45) is 0 Å². The van der Waals surface area contributed by atoms with Crippen molar-refractivity contribution in [1.82, 2.24) is 9.78 Å². The number of carbonyl (C=O) groups is 1. The van der Waals surface area contributed by atoms with Crippen LogP contribution in [-0.2, 0) is 9.53 Å². The molecule has 22 heavy (non-hydrogen) atoms. The predicted octanol–water partition coefficient (Wildman–Crippen LogP) is 2.98. The molecule has 1 N–H and O–H groups in total. The molecule has 2 heterocycles. The second-order valence-electron chi connectivity index (χ2n) is 5.45. The van der Waals surface area contributed by atoms with Gasteiger partial charge in [-0.25, -0.2) is 4.68 Å². The summed E-state index contributed by atoms with van der Waals surface area (Å²) in [6, 6.07) is 5.82. The average Bonchev–Trinajstić information content (AvgIpc) is 2.97. The highest BCUT2D eigenvalue weighted by Gasteiger charge is 2.19. The quantitative estimate of drug-likeness (QED) is 0.830. The third-order valence-electron chi connectivity index (χ3n) is 3.82. The number of fused-ring (bicyclic) bond motifs is 1. The number of hydrogen-bond acceptors (Lipinski definition) is 4. The Bertz CT molecular complexity index is 647. The number of nitrogens with zero attached hydrogens (tertiary/aromatic N) is 2. The Balaban J connectivity index is 1.75. The Morgan fingerprint density at radius 1 is 1.45 bits per heavy atom. The van der Waals surface area contributed by atoms with Gasteiger partial charge in [-0.15, -0.1) is 0 Å². The van der Waals surface area contributed by atoms with Crippen LogP contribution in [-0.4, -0.2) is 34.1 Å². The van der Waals surface area contributed by atoms with E-state index in [0.29, 0.717) is 13.0 Å². The van der Waals surface area contributed by atoms with E-state index in [1.807, 2.05) is 22.9 Å². The van der Waals surface area contributed by atoms with Crippen LogP contribution in [0.4, 0.5) is 0 Å². The summed E-state index contributed by atoms with van der Waals surface area (Å²) in [5, 5.41) is 14.0. The molecule has 0 bridgehead atoms. The van der Waals surface area contributed by atoms with Gasteiger partial charge in [0.1, 0.15) is 5.75 Å². The van der Waals surface area contributed by atoms with Crippen molar-refractivity contribution in [3.05, 3.63) is 24.4 Å². The number of aromatic nitrogens is 2. The van der Waals surface area contributed by atoms with Crippen molar-refractivity contribution in [2.45, 2.75) is 38.3 Å². The summed E-state index contributed by atoms with van der Waals surface area (Å²) in [5.41, 5.74) is 0.989. The zero-order valence-corrected chi connectivity index (χ0v) is 12.4. The number of aliphatic carboxylic acids is 1. The SMILES string of the molecule is O=C(O)CCCOc1cccc2c1cnn2C1CCCCO1. The number of carboxylic acid groups (broad SMARTS) is 1. The average molecular weight is 304 g/mol. The smallest absolute Gasteiger partial charge is 0.303 e. The van der Waals surface area contributed by atoms with Gasteiger partial charge in [0.15, 0.2) is 6.23 Å². The summed E-state index contributed by atoms with van der Waals surface area (Å²) in [5.74, 6) is -0.0611. The molecule has 1 aliphatic heterocycles. The monoisotopic (exact) mass is 304 g/mol. The molecule has 118 valence electrons. The molecule has 1 atom stereocenters. The van der Waals surface area contributed by atoms with Gasteiger partial charge in [0, 0.05) is 13.0 Å². The van der Waals surface area contributed by atoms with Crippen molar-refractivity contribution in [2.75, 3.05) is 13.2 Å². The summed E-state index contributed by atoms with van der Waals surface area (Å²) in [7, 11) is 0. The molecule has 0 saturated carbocycles. The van der Waals surface area contributed by atoms with Crippen LogP contribution in [0.15, 0.2) is 24.4 Å². The van der Waals surface area contributed by atoms with Crippen molar-refractivity contribution in [3.63, 3.8) is 0 Å². The fraction of sp³-hybridized carbons (Fsp3) is 0.500. The first-order valence-corrected chi connectivity index (χ1v) is 7.68. The summed E-state index contributed by atoms with van der Waals surface area (Å²) < 4.78 is 13.4. The first-order chi connectivity index (χ1) is 10.8. The molecule has 1 fully saturated rings. The molecule has 0 spiro atoms. The van der Waals surface area contributed by atoms with Crippen LogP contribution in [0.3, 0.4) is 0 Å². The maximum absolute atomic E-state index is 10.5. The first-order valence-electron chi connectivity index (χ1n) is 7.68. The minimum Gasteiger partial charge on any atom is -0.493 e. The van der Waals surface area contributed by atoms with Crippen LogP contribution in [0.2, 0.25) is 0 Å². The van der Waals surface area contributed by atoms with Gasteiger partial charge in [-0.1, -0.05) is 6.07 Å². The third-order valence-corrected chi connectivity index (χ3v) is 3.82. The molecule has 1 aromatic heterocycles. The molecule has 1 saturated heterocycles. The van der Waals surface area contributed by atoms with Crippen molar-refractivity contribution in [3.8, 4) is 5.75 Å². The van der Waals surface area contributed by atoms with Gasteiger partial charge in [0.2, 0.25) is 0 Å². The second-order valence-corrected chi connectivity index (χ2v) is 5.45. The van der Waals surface area contributed by atoms with Gasteiger partial charge in [-0.2, -0.15) is 5.10 Å². The van der Waals surface area contributed by atoms with Crippen LogP contribution in [0.1, 0.15) is 38.3 Å². The lowest BCUT2D eigenvalue weighted by atomic mass is 10.2. The highest BCUT2D eigenvalue weighted by atomic mass is 16.5. The number of carboxylic acids is 1. The van der Waals surface area contributed by atoms with Crippen molar-refractivity contribution < 1.29 is 19.4 Å². The zero-order chi connectivity index (χ0) is 15.4. The van der Waals surface area contributed by atoms with Crippen molar-refractivity contribution in [1.29, 1.82) is 0 Å². The molecular weight excluding hydrogens is 284 g/mol. The Kier molecular flexibility index (Phi) is 4.58. The lowest BCUT2D eigenvalue weighted by Gasteiger charge is -2.23. The topological polar surface area (TPSA) is 73.6 Å². The molecule has 0 radical (unpaired) electrons. The maximum Gasteiger partial charge on any atom is 0.303 e. The van der Waals surface area contributed by atoms with E-state index in [-0.39, 0.29) is 12.6 Å². The Labute approximate surface area is 128 Å². The Morgan fingerprint density at radius 2 is 2.36 bits per heavy atom. The third kappa shape index (κ3) is 3.22. The van der Waals surface area contributed by atoms with Crippen LogP contribution in [0, 0.1) is 0 Å². The highest BCUT2D eigenvalue weighted by Crippen LogP contribution is 2.30. The molecule has 1 aromatic carbocycles. The zero-order valence-electron chi connectivity index (χ0n) is 12.4. The molecule has 1 unspecified atom stereocenters. The van der Waals surface area contributed by atoms with Gasteiger partial charge >= 0.3 is 5.97 Å². The molecule has 1 aliphatic rings.